The summed E-state index contributed by atoms with van der Waals surface area (Å²) in [6.45, 7) is 3.98. The van der Waals surface area contributed by atoms with Crippen LogP contribution in [-0.4, -0.2) is 11.1 Å². The van der Waals surface area contributed by atoms with Crippen molar-refractivity contribution in [3.8, 4) is 11.5 Å². The fourth-order valence-electron chi connectivity index (χ4n) is 1.42. The van der Waals surface area contributed by atoms with Gasteiger partial charge in [0.15, 0.2) is 0 Å². The number of hydrogen-bond acceptors (Lipinski definition) is 3. The van der Waals surface area contributed by atoms with Crippen molar-refractivity contribution in [1.29, 1.82) is 0 Å². The van der Waals surface area contributed by atoms with E-state index in [4.69, 9.17) is 9.84 Å². The van der Waals surface area contributed by atoms with Crippen LogP contribution in [0.5, 0.6) is 11.5 Å². The average Bonchev–Trinajstić information content (AvgIpc) is 2.40. The molecule has 0 saturated carbocycles. The number of esters is 1. The minimum absolute atomic E-state index is 0.166. The van der Waals surface area contributed by atoms with Gasteiger partial charge in [0, 0.05) is 6.42 Å². The highest BCUT2D eigenvalue weighted by atomic mass is 16.5. The van der Waals surface area contributed by atoms with Crippen molar-refractivity contribution in [2.24, 2.45) is 5.92 Å². The maximum Gasteiger partial charge on any atom is 0.311 e. The van der Waals surface area contributed by atoms with Gasteiger partial charge < -0.3 is 9.84 Å². The van der Waals surface area contributed by atoms with E-state index >= 15 is 0 Å². The molecule has 0 atom stereocenters. The number of para-hydroxylation sites is 2. The molecule has 20 heavy (non-hydrogen) atoms. The summed E-state index contributed by atoms with van der Waals surface area (Å²) in [6.07, 6.45) is 0.467. The molecule has 2 aromatic carbocycles. The number of ether oxygens (including phenoxy) is 1. The Bertz CT molecular complexity index is 492. The topological polar surface area (TPSA) is 46.5 Å². The Hall–Kier alpha value is -2.29. The second-order valence-corrected chi connectivity index (χ2v) is 4.72. The van der Waals surface area contributed by atoms with Crippen LogP contribution in [0.15, 0.2) is 60.7 Å². The molecular weight excluding hydrogens is 252 g/mol. The third-order valence-corrected chi connectivity index (χ3v) is 2.31. The Kier molecular flexibility index (Phi) is 6.90. The van der Waals surface area contributed by atoms with Crippen molar-refractivity contribution < 1.29 is 14.6 Å². The summed E-state index contributed by atoms with van der Waals surface area (Å²) in [4.78, 5) is 11.2. The molecule has 2 aromatic rings. The Morgan fingerprint density at radius 1 is 1.00 bits per heavy atom. The van der Waals surface area contributed by atoms with Gasteiger partial charge >= 0.3 is 5.97 Å². The van der Waals surface area contributed by atoms with Crippen molar-refractivity contribution in [2.45, 2.75) is 20.3 Å². The van der Waals surface area contributed by atoms with E-state index in [1.165, 1.54) is 0 Å². The fraction of sp³-hybridized carbons (Fsp3) is 0.235. The molecule has 0 unspecified atom stereocenters. The zero-order chi connectivity index (χ0) is 14.8. The molecule has 0 amide bonds. The number of carbonyl (C=O) groups excluding carboxylic acids is 1. The van der Waals surface area contributed by atoms with Gasteiger partial charge in [0.2, 0.25) is 0 Å². The van der Waals surface area contributed by atoms with Crippen molar-refractivity contribution in [1.82, 2.24) is 0 Å². The number of phenolic OH excluding ortho intramolecular Hbond substituents is 1. The largest absolute Gasteiger partial charge is 0.508 e. The number of carbonyl (C=O) groups is 1. The summed E-state index contributed by atoms with van der Waals surface area (Å²) in [6, 6.07) is 17.8. The first-order valence-corrected chi connectivity index (χ1v) is 6.57. The molecule has 0 bridgehead atoms. The normalized spacial score (nSPS) is 9.55. The molecule has 1 N–H and O–H groups in total. The summed E-state index contributed by atoms with van der Waals surface area (Å²) < 4.78 is 5.09. The van der Waals surface area contributed by atoms with Gasteiger partial charge in [0.05, 0.1) is 0 Å². The Morgan fingerprint density at radius 3 is 1.90 bits per heavy atom. The number of phenols is 1. The third kappa shape index (κ3) is 7.21. The van der Waals surface area contributed by atoms with Crippen molar-refractivity contribution in [3.63, 3.8) is 0 Å². The molecule has 0 saturated heterocycles. The Balaban J connectivity index is 0.000000240. The standard InChI is InChI=1S/C11H14O2.C6H6O/c1-9(2)8-11(12)13-10-6-4-3-5-7-10;7-6-4-2-1-3-5-6/h3-7,9H,8H2,1-2H3;1-5,7H. The lowest BCUT2D eigenvalue weighted by Gasteiger charge is -2.05. The van der Waals surface area contributed by atoms with Crippen LogP contribution in [-0.2, 0) is 4.79 Å². The molecule has 3 nitrogen and oxygen atoms in total. The number of rotatable bonds is 3. The van der Waals surface area contributed by atoms with Crippen LogP contribution < -0.4 is 4.74 Å². The van der Waals surface area contributed by atoms with E-state index in [2.05, 4.69) is 0 Å². The first kappa shape index (κ1) is 15.8. The zero-order valence-corrected chi connectivity index (χ0v) is 11.8. The molecular formula is C17H20O3. The molecule has 0 heterocycles. The monoisotopic (exact) mass is 272 g/mol. The van der Waals surface area contributed by atoms with Gasteiger partial charge in [-0.1, -0.05) is 50.2 Å². The van der Waals surface area contributed by atoms with Gasteiger partial charge in [-0.3, -0.25) is 4.79 Å². The van der Waals surface area contributed by atoms with Crippen LogP contribution >= 0.6 is 0 Å². The van der Waals surface area contributed by atoms with Gasteiger partial charge in [-0.2, -0.15) is 0 Å². The number of benzene rings is 2. The minimum Gasteiger partial charge on any atom is -0.508 e. The van der Waals surface area contributed by atoms with E-state index < -0.39 is 0 Å². The van der Waals surface area contributed by atoms with Gasteiger partial charge in [0.1, 0.15) is 11.5 Å². The highest BCUT2D eigenvalue weighted by Gasteiger charge is 2.06. The van der Waals surface area contributed by atoms with E-state index in [1.807, 2.05) is 38.1 Å². The lowest BCUT2D eigenvalue weighted by molar-refractivity contribution is -0.135. The summed E-state index contributed by atoms with van der Waals surface area (Å²) in [5.74, 6) is 1.12. The average molecular weight is 272 g/mol. The van der Waals surface area contributed by atoms with Crippen molar-refractivity contribution >= 4 is 5.97 Å². The molecule has 0 aliphatic heterocycles. The fourth-order valence-corrected chi connectivity index (χ4v) is 1.42. The van der Waals surface area contributed by atoms with Gasteiger partial charge in [-0.25, -0.2) is 0 Å². The van der Waals surface area contributed by atoms with Gasteiger partial charge in [-0.05, 0) is 30.2 Å². The molecule has 0 aromatic heterocycles. The van der Waals surface area contributed by atoms with Crippen molar-refractivity contribution in [2.75, 3.05) is 0 Å². The maximum absolute atomic E-state index is 11.2. The van der Waals surface area contributed by atoms with Gasteiger partial charge in [0.25, 0.3) is 0 Å². The zero-order valence-electron chi connectivity index (χ0n) is 11.8. The van der Waals surface area contributed by atoms with E-state index in [0.29, 0.717) is 23.8 Å². The highest BCUT2D eigenvalue weighted by molar-refractivity contribution is 5.72. The third-order valence-electron chi connectivity index (χ3n) is 2.31. The van der Waals surface area contributed by atoms with Crippen LogP contribution in [0.25, 0.3) is 0 Å². The van der Waals surface area contributed by atoms with Crippen LogP contribution in [0, 0.1) is 5.92 Å². The summed E-state index contributed by atoms with van der Waals surface area (Å²) in [7, 11) is 0. The minimum atomic E-state index is -0.166. The Morgan fingerprint density at radius 2 is 1.50 bits per heavy atom. The molecule has 3 heteroatoms. The van der Waals surface area contributed by atoms with Crippen LogP contribution in [0.4, 0.5) is 0 Å². The second-order valence-electron chi connectivity index (χ2n) is 4.72. The molecule has 2 rings (SSSR count). The van der Waals surface area contributed by atoms with E-state index in [1.54, 1.807) is 36.4 Å². The first-order chi connectivity index (χ1) is 9.58. The molecule has 0 fully saturated rings. The smallest absolute Gasteiger partial charge is 0.311 e. The second kappa shape index (κ2) is 8.75. The molecule has 0 aliphatic rings. The van der Waals surface area contributed by atoms with E-state index in [0.717, 1.165) is 0 Å². The van der Waals surface area contributed by atoms with Crippen molar-refractivity contribution in [3.05, 3.63) is 60.7 Å². The summed E-state index contributed by atoms with van der Waals surface area (Å²) >= 11 is 0. The molecule has 0 aliphatic carbocycles. The number of hydrogen-bond donors (Lipinski definition) is 1. The van der Waals surface area contributed by atoms with Crippen LogP contribution in [0.3, 0.4) is 0 Å². The van der Waals surface area contributed by atoms with Gasteiger partial charge in [-0.15, -0.1) is 0 Å². The summed E-state index contributed by atoms with van der Waals surface area (Å²) in [5, 5.41) is 8.63. The lowest BCUT2D eigenvalue weighted by Crippen LogP contribution is -2.10. The molecule has 0 spiro atoms. The Labute approximate surface area is 119 Å². The number of aromatic hydroxyl groups is 1. The predicted octanol–water partition coefficient (Wildman–Crippen LogP) is 4.03. The van der Waals surface area contributed by atoms with E-state index in [9.17, 15) is 4.79 Å². The van der Waals surface area contributed by atoms with Crippen LogP contribution in [0.1, 0.15) is 20.3 Å². The first-order valence-electron chi connectivity index (χ1n) is 6.57. The molecule has 0 radical (unpaired) electrons. The highest BCUT2D eigenvalue weighted by Crippen LogP contribution is 2.10. The van der Waals surface area contributed by atoms with E-state index in [-0.39, 0.29) is 5.97 Å². The summed E-state index contributed by atoms with van der Waals surface area (Å²) in [5.41, 5.74) is 0. The SMILES string of the molecule is CC(C)CC(=O)Oc1ccccc1.Oc1ccccc1. The molecule has 106 valence electrons. The lowest BCUT2D eigenvalue weighted by atomic mass is 10.1. The maximum atomic E-state index is 11.2. The predicted molar refractivity (Wildman–Crippen MR) is 79.6 cm³/mol. The van der Waals surface area contributed by atoms with Crippen LogP contribution in [0.2, 0.25) is 0 Å². The quantitative estimate of drug-likeness (QED) is 0.677.